The molecule has 0 fully saturated rings. The number of nitrogens with one attached hydrogen (secondary N) is 1. The zero-order chi connectivity index (χ0) is 13.2. The summed E-state index contributed by atoms with van der Waals surface area (Å²) in [7, 11) is 0. The van der Waals surface area contributed by atoms with Crippen LogP contribution in [0.4, 0.5) is 0 Å². The average molecular weight is 290 g/mol. The van der Waals surface area contributed by atoms with E-state index >= 15 is 0 Å². The number of halogens is 2. The van der Waals surface area contributed by atoms with Gasteiger partial charge in [-0.2, -0.15) is 0 Å². The summed E-state index contributed by atoms with van der Waals surface area (Å²) in [6.07, 6.45) is 3.35. The Bertz CT molecular complexity index is 345. The van der Waals surface area contributed by atoms with Crippen molar-refractivity contribution in [2.75, 3.05) is 19.8 Å². The zero-order valence-electron chi connectivity index (χ0n) is 10.8. The highest BCUT2D eigenvalue weighted by Crippen LogP contribution is 2.25. The molecule has 0 unspecified atom stereocenters. The van der Waals surface area contributed by atoms with Crippen LogP contribution in [0.2, 0.25) is 10.0 Å². The Balaban J connectivity index is 2.09. The number of hydrogen-bond acceptors (Lipinski definition) is 2. The van der Waals surface area contributed by atoms with Crippen molar-refractivity contribution in [2.24, 2.45) is 0 Å². The second-order valence-electron chi connectivity index (χ2n) is 4.21. The molecule has 1 aromatic rings. The SMILES string of the molecule is CCCCOCCCNCc1cccc(Cl)c1Cl. The van der Waals surface area contributed by atoms with Gasteiger partial charge in [0, 0.05) is 19.8 Å². The highest BCUT2D eigenvalue weighted by Gasteiger charge is 2.03. The van der Waals surface area contributed by atoms with Crippen LogP contribution in [0.1, 0.15) is 31.7 Å². The minimum Gasteiger partial charge on any atom is -0.381 e. The van der Waals surface area contributed by atoms with Gasteiger partial charge < -0.3 is 10.1 Å². The number of benzene rings is 1. The standard InChI is InChI=1S/C14H21Cl2NO/c1-2-3-9-18-10-5-8-17-11-12-6-4-7-13(15)14(12)16/h4,6-7,17H,2-3,5,8-11H2,1H3. The normalized spacial score (nSPS) is 10.8. The average Bonchev–Trinajstić information content (AvgIpc) is 2.37. The van der Waals surface area contributed by atoms with Gasteiger partial charge in [-0.25, -0.2) is 0 Å². The van der Waals surface area contributed by atoms with Crippen LogP contribution in [-0.4, -0.2) is 19.8 Å². The van der Waals surface area contributed by atoms with Crippen molar-refractivity contribution in [3.63, 3.8) is 0 Å². The van der Waals surface area contributed by atoms with Crippen molar-refractivity contribution in [1.82, 2.24) is 5.32 Å². The van der Waals surface area contributed by atoms with E-state index in [9.17, 15) is 0 Å². The van der Waals surface area contributed by atoms with Crippen LogP contribution in [0, 0.1) is 0 Å². The van der Waals surface area contributed by atoms with E-state index in [0.717, 1.165) is 44.7 Å². The summed E-state index contributed by atoms with van der Waals surface area (Å²) in [5, 5.41) is 4.59. The molecule has 1 rings (SSSR count). The molecule has 0 saturated carbocycles. The topological polar surface area (TPSA) is 21.3 Å². The third-order valence-electron chi connectivity index (χ3n) is 2.63. The van der Waals surface area contributed by atoms with Crippen molar-refractivity contribution in [1.29, 1.82) is 0 Å². The highest BCUT2D eigenvalue weighted by molar-refractivity contribution is 6.42. The summed E-state index contributed by atoms with van der Waals surface area (Å²) in [6, 6.07) is 5.70. The fourth-order valence-corrected chi connectivity index (χ4v) is 1.94. The maximum absolute atomic E-state index is 6.09. The lowest BCUT2D eigenvalue weighted by Gasteiger charge is -2.08. The first kappa shape index (κ1) is 15.8. The molecule has 0 amide bonds. The quantitative estimate of drug-likeness (QED) is 0.685. The third kappa shape index (κ3) is 6.05. The molecule has 0 aromatic heterocycles. The Morgan fingerprint density at radius 1 is 1.17 bits per heavy atom. The van der Waals surface area contributed by atoms with Crippen molar-refractivity contribution in [3.05, 3.63) is 33.8 Å². The van der Waals surface area contributed by atoms with Gasteiger partial charge in [0.2, 0.25) is 0 Å². The molecule has 1 N–H and O–H groups in total. The Morgan fingerprint density at radius 2 is 1.94 bits per heavy atom. The molecule has 0 heterocycles. The highest BCUT2D eigenvalue weighted by atomic mass is 35.5. The van der Waals surface area contributed by atoms with E-state index in [2.05, 4.69) is 12.2 Å². The first-order valence-electron chi connectivity index (χ1n) is 6.47. The molecule has 0 spiro atoms. The van der Waals surface area contributed by atoms with Gasteiger partial charge >= 0.3 is 0 Å². The third-order valence-corrected chi connectivity index (χ3v) is 3.49. The van der Waals surface area contributed by atoms with Gasteiger partial charge in [0.05, 0.1) is 10.0 Å². The zero-order valence-corrected chi connectivity index (χ0v) is 12.4. The second kappa shape index (κ2) is 9.62. The number of ether oxygens (including phenoxy) is 1. The van der Waals surface area contributed by atoms with Crippen molar-refractivity contribution in [2.45, 2.75) is 32.7 Å². The molecule has 0 aliphatic carbocycles. The van der Waals surface area contributed by atoms with Crippen molar-refractivity contribution >= 4 is 23.2 Å². The molecular weight excluding hydrogens is 269 g/mol. The van der Waals surface area contributed by atoms with Gasteiger partial charge in [0.15, 0.2) is 0 Å². The molecule has 4 heteroatoms. The Morgan fingerprint density at radius 3 is 2.72 bits per heavy atom. The van der Waals surface area contributed by atoms with E-state index < -0.39 is 0 Å². The van der Waals surface area contributed by atoms with Gasteiger partial charge in [-0.3, -0.25) is 0 Å². The van der Waals surface area contributed by atoms with E-state index in [-0.39, 0.29) is 0 Å². The fraction of sp³-hybridized carbons (Fsp3) is 0.571. The summed E-state index contributed by atoms with van der Waals surface area (Å²) in [6.45, 7) is 5.52. The smallest absolute Gasteiger partial charge is 0.0637 e. The lowest BCUT2D eigenvalue weighted by atomic mass is 10.2. The minimum atomic E-state index is 0.610. The Kier molecular flexibility index (Phi) is 8.44. The summed E-state index contributed by atoms with van der Waals surface area (Å²) in [5.41, 5.74) is 1.04. The predicted octanol–water partition coefficient (Wildman–Crippen LogP) is 4.29. The monoisotopic (exact) mass is 289 g/mol. The molecule has 1 aromatic carbocycles. The van der Waals surface area contributed by atoms with Crippen LogP contribution < -0.4 is 5.32 Å². The van der Waals surface area contributed by atoms with Crippen LogP contribution >= 0.6 is 23.2 Å². The molecule has 0 aliphatic heterocycles. The van der Waals surface area contributed by atoms with E-state index in [1.165, 1.54) is 6.42 Å². The molecule has 0 aliphatic rings. The first-order valence-corrected chi connectivity index (χ1v) is 7.22. The Hall–Kier alpha value is -0.280. The number of rotatable bonds is 9. The predicted molar refractivity (Wildman–Crippen MR) is 78.5 cm³/mol. The van der Waals surface area contributed by atoms with Crippen molar-refractivity contribution < 1.29 is 4.74 Å². The van der Waals surface area contributed by atoms with E-state index in [0.29, 0.717) is 10.0 Å². The second-order valence-corrected chi connectivity index (χ2v) is 4.99. The van der Waals surface area contributed by atoms with Crippen LogP contribution in [0.25, 0.3) is 0 Å². The number of hydrogen-bond donors (Lipinski definition) is 1. The fourth-order valence-electron chi connectivity index (χ4n) is 1.56. The molecular formula is C14H21Cl2NO. The molecule has 2 nitrogen and oxygen atoms in total. The van der Waals surface area contributed by atoms with Crippen LogP contribution in [0.5, 0.6) is 0 Å². The molecule has 0 saturated heterocycles. The maximum Gasteiger partial charge on any atom is 0.0637 e. The molecule has 0 atom stereocenters. The molecule has 102 valence electrons. The van der Waals surface area contributed by atoms with Gasteiger partial charge in [-0.15, -0.1) is 0 Å². The summed E-state index contributed by atoms with van der Waals surface area (Å²) < 4.78 is 5.48. The van der Waals surface area contributed by atoms with E-state index in [1.54, 1.807) is 6.07 Å². The van der Waals surface area contributed by atoms with Crippen LogP contribution in [-0.2, 0) is 11.3 Å². The van der Waals surface area contributed by atoms with Crippen molar-refractivity contribution in [3.8, 4) is 0 Å². The molecule has 0 radical (unpaired) electrons. The van der Waals surface area contributed by atoms with Gasteiger partial charge in [-0.05, 0) is 31.0 Å². The summed E-state index contributed by atoms with van der Waals surface area (Å²) in [4.78, 5) is 0. The first-order chi connectivity index (χ1) is 8.75. The Labute approximate surface area is 120 Å². The van der Waals surface area contributed by atoms with Gasteiger partial charge in [-0.1, -0.05) is 48.7 Å². The summed E-state index contributed by atoms with van der Waals surface area (Å²) >= 11 is 12.0. The van der Waals surface area contributed by atoms with E-state index in [4.69, 9.17) is 27.9 Å². The van der Waals surface area contributed by atoms with Crippen LogP contribution in [0.3, 0.4) is 0 Å². The van der Waals surface area contributed by atoms with E-state index in [1.807, 2.05) is 12.1 Å². The summed E-state index contributed by atoms with van der Waals surface area (Å²) in [5.74, 6) is 0. The van der Waals surface area contributed by atoms with Gasteiger partial charge in [0.25, 0.3) is 0 Å². The number of unbranched alkanes of at least 4 members (excludes halogenated alkanes) is 1. The lowest BCUT2D eigenvalue weighted by Crippen LogP contribution is -2.16. The largest absolute Gasteiger partial charge is 0.381 e. The molecule has 18 heavy (non-hydrogen) atoms. The van der Waals surface area contributed by atoms with Gasteiger partial charge in [0.1, 0.15) is 0 Å². The lowest BCUT2D eigenvalue weighted by molar-refractivity contribution is 0.129. The van der Waals surface area contributed by atoms with Crippen LogP contribution in [0.15, 0.2) is 18.2 Å². The molecule has 0 bridgehead atoms. The minimum absolute atomic E-state index is 0.610. The maximum atomic E-state index is 6.09.